The van der Waals surface area contributed by atoms with E-state index >= 15 is 0 Å². The summed E-state index contributed by atoms with van der Waals surface area (Å²) in [6.45, 7) is 2.44. The summed E-state index contributed by atoms with van der Waals surface area (Å²) in [5.41, 5.74) is 2.03. The van der Waals surface area contributed by atoms with Crippen molar-refractivity contribution < 1.29 is 17.6 Å². The molecule has 7 nitrogen and oxygen atoms in total. The van der Waals surface area contributed by atoms with Gasteiger partial charge in [-0.25, -0.2) is 12.8 Å². The van der Waals surface area contributed by atoms with E-state index < -0.39 is 9.84 Å². The molecule has 0 aromatic heterocycles. The second-order valence-electron chi connectivity index (χ2n) is 8.31. The zero-order chi connectivity index (χ0) is 23.2. The Hall–Kier alpha value is -2.30. The number of piperazine rings is 1. The fourth-order valence-electron chi connectivity index (χ4n) is 4.29. The summed E-state index contributed by atoms with van der Waals surface area (Å²) in [5.74, 6) is -0.147. The molecule has 11 heteroatoms. The first-order valence-corrected chi connectivity index (χ1v) is 13.7. The summed E-state index contributed by atoms with van der Waals surface area (Å²) < 4.78 is 36.7. The summed E-state index contributed by atoms with van der Waals surface area (Å²) in [7, 11) is -3.02. The smallest absolute Gasteiger partial charge is 0.254 e. The van der Waals surface area contributed by atoms with Crippen molar-refractivity contribution in [3.8, 4) is 0 Å². The molecule has 2 saturated heterocycles. The number of benzene rings is 2. The van der Waals surface area contributed by atoms with E-state index in [4.69, 9.17) is 11.6 Å². The van der Waals surface area contributed by atoms with Gasteiger partial charge in [0.25, 0.3) is 5.91 Å². The lowest BCUT2D eigenvalue weighted by molar-refractivity contribution is 0.0747. The molecule has 0 radical (unpaired) electrons. The number of amidine groups is 1. The molecule has 2 atom stereocenters. The lowest BCUT2D eigenvalue weighted by atomic mass is 10.1. The van der Waals surface area contributed by atoms with Gasteiger partial charge in [0.1, 0.15) is 5.82 Å². The third-order valence-electron chi connectivity index (χ3n) is 6.03. The highest BCUT2D eigenvalue weighted by molar-refractivity contribution is 8.15. The monoisotopic (exact) mass is 508 g/mol. The largest absolute Gasteiger partial charge is 0.368 e. The molecule has 2 fully saturated rings. The number of amides is 1. The van der Waals surface area contributed by atoms with Crippen LogP contribution in [0, 0.1) is 5.82 Å². The molecular formula is C22H22ClFN4O3S2. The van der Waals surface area contributed by atoms with Crippen LogP contribution in [0.2, 0.25) is 5.02 Å². The van der Waals surface area contributed by atoms with Gasteiger partial charge in [0.15, 0.2) is 15.0 Å². The Bertz CT molecular complexity index is 1210. The van der Waals surface area contributed by atoms with E-state index in [9.17, 15) is 17.6 Å². The Morgan fingerprint density at radius 2 is 1.82 bits per heavy atom. The molecule has 2 aromatic rings. The minimum Gasteiger partial charge on any atom is -0.368 e. The van der Waals surface area contributed by atoms with Crippen molar-refractivity contribution in [2.45, 2.75) is 11.3 Å². The van der Waals surface area contributed by atoms with E-state index in [1.165, 1.54) is 23.9 Å². The van der Waals surface area contributed by atoms with Crippen LogP contribution in [-0.4, -0.2) is 73.4 Å². The number of aliphatic imine (C=N–C) groups is 1. The number of carbonyl (C=O) groups excluding carboxylic acids is 1. The highest BCUT2D eigenvalue weighted by atomic mass is 35.5. The van der Waals surface area contributed by atoms with Crippen molar-refractivity contribution in [3.05, 3.63) is 58.9 Å². The molecule has 0 spiro atoms. The molecule has 174 valence electrons. The highest BCUT2D eigenvalue weighted by Gasteiger charge is 2.42. The third kappa shape index (κ3) is 4.83. The number of sulfone groups is 1. The topological polar surface area (TPSA) is 82.1 Å². The molecule has 0 bridgehead atoms. The van der Waals surface area contributed by atoms with E-state index in [-0.39, 0.29) is 34.5 Å². The first kappa shape index (κ1) is 22.5. The Balaban J connectivity index is 1.24. The average molecular weight is 509 g/mol. The Labute approximate surface area is 200 Å². The van der Waals surface area contributed by atoms with Gasteiger partial charge in [0, 0.05) is 42.7 Å². The average Bonchev–Trinajstić information content (AvgIpc) is 3.28. The molecular weight excluding hydrogens is 487 g/mol. The number of hydrogen-bond donors (Lipinski definition) is 1. The number of halogens is 2. The van der Waals surface area contributed by atoms with Crippen LogP contribution in [0.4, 0.5) is 15.8 Å². The quantitative estimate of drug-likeness (QED) is 0.686. The van der Waals surface area contributed by atoms with Gasteiger partial charge in [-0.3, -0.25) is 9.79 Å². The second-order valence-corrected chi connectivity index (χ2v) is 12.1. The van der Waals surface area contributed by atoms with Gasteiger partial charge in [0.2, 0.25) is 0 Å². The van der Waals surface area contributed by atoms with Crippen molar-refractivity contribution >= 4 is 55.6 Å². The first-order chi connectivity index (χ1) is 15.8. The standard InChI is InChI=1S/C22H22ClFN4O3S2/c23-17-6-1-14(11-18(17)25-22-26-19-12-33(30,31)13-20(19)32-22)21(29)28-9-7-27(8-10-28)16-4-2-15(24)3-5-16/h1-6,11,19-20H,7-10,12-13H2,(H,25,26)/t19-,20-/m1/s1. The van der Waals surface area contributed by atoms with Gasteiger partial charge >= 0.3 is 0 Å². The number of hydrogen-bond acceptors (Lipinski definition) is 7. The minimum atomic E-state index is -3.02. The Kier molecular flexibility index (Phi) is 6.00. The third-order valence-corrected chi connectivity index (χ3v) is 9.50. The van der Waals surface area contributed by atoms with Gasteiger partial charge in [-0.1, -0.05) is 23.4 Å². The SMILES string of the molecule is O=C(c1ccc(Cl)c(NC2=N[C@@H]3CS(=O)(=O)C[C@H]3S2)c1)N1CCN(c2ccc(F)cc2)CC1. The Morgan fingerprint density at radius 1 is 1.09 bits per heavy atom. The number of carbonyl (C=O) groups is 1. The Morgan fingerprint density at radius 3 is 2.52 bits per heavy atom. The molecule has 1 amide bonds. The molecule has 1 N–H and O–H groups in total. The van der Waals surface area contributed by atoms with Gasteiger partial charge in [0.05, 0.1) is 28.3 Å². The van der Waals surface area contributed by atoms with Gasteiger partial charge in [-0.15, -0.1) is 0 Å². The van der Waals surface area contributed by atoms with Gasteiger partial charge in [-0.2, -0.15) is 0 Å². The molecule has 0 saturated carbocycles. The zero-order valence-corrected chi connectivity index (χ0v) is 20.0. The fraction of sp³-hybridized carbons (Fsp3) is 0.364. The number of nitrogens with one attached hydrogen (secondary N) is 1. The first-order valence-electron chi connectivity index (χ1n) is 10.6. The van der Waals surface area contributed by atoms with Crippen molar-refractivity contribution in [1.29, 1.82) is 0 Å². The summed E-state index contributed by atoms with van der Waals surface area (Å²) in [6.07, 6.45) is 0. The number of anilines is 2. The molecule has 5 rings (SSSR count). The van der Waals surface area contributed by atoms with E-state index in [1.54, 1.807) is 35.2 Å². The number of nitrogens with zero attached hydrogens (tertiary/aromatic N) is 3. The van der Waals surface area contributed by atoms with E-state index in [0.717, 1.165) is 5.69 Å². The van der Waals surface area contributed by atoms with E-state index in [2.05, 4.69) is 15.2 Å². The molecule has 33 heavy (non-hydrogen) atoms. The lowest BCUT2D eigenvalue weighted by Crippen LogP contribution is -2.48. The van der Waals surface area contributed by atoms with Crippen LogP contribution in [-0.2, 0) is 9.84 Å². The van der Waals surface area contributed by atoms with Crippen LogP contribution in [0.25, 0.3) is 0 Å². The number of fused-ring (bicyclic) bond motifs is 1. The summed E-state index contributed by atoms with van der Waals surface area (Å²) in [5, 5.41) is 4.19. The molecule has 3 aliphatic rings. The van der Waals surface area contributed by atoms with E-state index in [0.29, 0.717) is 47.6 Å². The van der Waals surface area contributed by atoms with Crippen molar-refractivity contribution in [1.82, 2.24) is 4.90 Å². The molecule has 2 aromatic carbocycles. The normalized spacial score (nSPS) is 23.9. The predicted octanol–water partition coefficient (Wildman–Crippen LogP) is 3.12. The molecule has 3 aliphatic heterocycles. The van der Waals surface area contributed by atoms with Crippen LogP contribution in [0.15, 0.2) is 47.5 Å². The number of rotatable bonds is 3. The van der Waals surface area contributed by atoms with Crippen LogP contribution < -0.4 is 10.2 Å². The van der Waals surface area contributed by atoms with Crippen LogP contribution >= 0.6 is 23.4 Å². The van der Waals surface area contributed by atoms with Gasteiger partial charge < -0.3 is 15.1 Å². The molecule has 0 aliphatic carbocycles. The summed E-state index contributed by atoms with van der Waals surface area (Å²) in [6, 6.07) is 11.2. The van der Waals surface area contributed by atoms with Crippen molar-refractivity contribution in [3.63, 3.8) is 0 Å². The van der Waals surface area contributed by atoms with Crippen molar-refractivity contribution in [2.24, 2.45) is 4.99 Å². The summed E-state index contributed by atoms with van der Waals surface area (Å²) in [4.78, 5) is 21.5. The van der Waals surface area contributed by atoms with Crippen LogP contribution in [0.1, 0.15) is 10.4 Å². The maximum atomic E-state index is 13.2. The van der Waals surface area contributed by atoms with Gasteiger partial charge in [-0.05, 0) is 42.5 Å². The second kappa shape index (κ2) is 8.81. The van der Waals surface area contributed by atoms with Crippen LogP contribution in [0.3, 0.4) is 0 Å². The fourth-order valence-corrected chi connectivity index (χ4v) is 8.12. The predicted molar refractivity (Wildman–Crippen MR) is 131 cm³/mol. The maximum absolute atomic E-state index is 13.2. The van der Waals surface area contributed by atoms with Crippen molar-refractivity contribution in [2.75, 3.05) is 47.9 Å². The number of thioether (sulfide) groups is 1. The summed E-state index contributed by atoms with van der Waals surface area (Å²) >= 11 is 7.75. The lowest BCUT2D eigenvalue weighted by Gasteiger charge is -2.36. The van der Waals surface area contributed by atoms with E-state index in [1.807, 2.05) is 0 Å². The highest BCUT2D eigenvalue weighted by Crippen LogP contribution is 2.35. The minimum absolute atomic E-state index is 0.0708. The maximum Gasteiger partial charge on any atom is 0.254 e. The molecule has 0 unspecified atom stereocenters. The zero-order valence-electron chi connectivity index (χ0n) is 17.6. The molecule has 3 heterocycles. The van der Waals surface area contributed by atoms with Crippen LogP contribution in [0.5, 0.6) is 0 Å².